The van der Waals surface area contributed by atoms with E-state index in [0.717, 1.165) is 19.5 Å². The number of H-pyrrole nitrogens is 1. The van der Waals surface area contributed by atoms with Crippen molar-refractivity contribution in [1.29, 1.82) is 0 Å². The van der Waals surface area contributed by atoms with Crippen molar-refractivity contribution in [2.24, 2.45) is 0 Å². The van der Waals surface area contributed by atoms with Crippen LogP contribution in [-0.2, 0) is 0 Å². The van der Waals surface area contributed by atoms with Crippen LogP contribution in [0, 0.1) is 0 Å². The molecule has 14 heavy (non-hydrogen) atoms. The lowest BCUT2D eigenvalue weighted by Crippen LogP contribution is -2.37. The minimum Gasteiger partial charge on any atom is -0.357 e. The molecule has 1 aromatic rings. The Morgan fingerprint density at radius 2 is 2.57 bits per heavy atom. The molecule has 2 rings (SSSR count). The van der Waals surface area contributed by atoms with Gasteiger partial charge in [0, 0.05) is 18.8 Å². The average Bonchev–Trinajstić information content (AvgIpc) is 2.87. The van der Waals surface area contributed by atoms with Crippen molar-refractivity contribution in [2.75, 3.05) is 13.1 Å². The highest BCUT2D eigenvalue weighted by Gasteiger charge is 2.15. The van der Waals surface area contributed by atoms with Gasteiger partial charge in [-0.05, 0) is 31.5 Å². The van der Waals surface area contributed by atoms with Gasteiger partial charge in [0.15, 0.2) is 0 Å². The molecule has 1 aliphatic heterocycles. The fourth-order valence-corrected chi connectivity index (χ4v) is 1.71. The smallest absolute Gasteiger partial charge is 0.267 e. The van der Waals surface area contributed by atoms with E-state index in [-0.39, 0.29) is 5.91 Å². The molecule has 0 spiro atoms. The van der Waals surface area contributed by atoms with Crippen molar-refractivity contribution in [3.8, 4) is 0 Å². The summed E-state index contributed by atoms with van der Waals surface area (Å²) in [6.45, 7) is 1.79. The summed E-state index contributed by atoms with van der Waals surface area (Å²) in [6, 6.07) is 4.05. The van der Waals surface area contributed by atoms with E-state index in [1.165, 1.54) is 6.42 Å². The molecule has 1 aliphatic rings. The molecule has 0 aliphatic carbocycles. The van der Waals surface area contributed by atoms with Gasteiger partial charge in [0.2, 0.25) is 0 Å². The largest absolute Gasteiger partial charge is 0.357 e. The number of aromatic nitrogens is 1. The molecule has 76 valence electrons. The zero-order chi connectivity index (χ0) is 9.80. The summed E-state index contributed by atoms with van der Waals surface area (Å²) < 4.78 is 0. The van der Waals surface area contributed by atoms with Gasteiger partial charge >= 0.3 is 0 Å². The van der Waals surface area contributed by atoms with E-state index in [2.05, 4.69) is 15.6 Å². The van der Waals surface area contributed by atoms with E-state index in [9.17, 15) is 4.79 Å². The van der Waals surface area contributed by atoms with Gasteiger partial charge in [0.05, 0.1) is 0 Å². The zero-order valence-corrected chi connectivity index (χ0v) is 8.05. The summed E-state index contributed by atoms with van der Waals surface area (Å²) in [5.41, 5.74) is 0.628. The predicted octanol–water partition coefficient (Wildman–Crippen LogP) is 0.496. The maximum Gasteiger partial charge on any atom is 0.267 e. The molecule has 0 bridgehead atoms. The van der Waals surface area contributed by atoms with Crippen LogP contribution in [0.1, 0.15) is 23.3 Å². The number of carbonyl (C=O) groups is 1. The van der Waals surface area contributed by atoms with Crippen LogP contribution in [0.5, 0.6) is 0 Å². The van der Waals surface area contributed by atoms with Crippen LogP contribution in [0.3, 0.4) is 0 Å². The van der Waals surface area contributed by atoms with Crippen LogP contribution in [-0.4, -0.2) is 30.0 Å². The van der Waals surface area contributed by atoms with Gasteiger partial charge in [-0.3, -0.25) is 4.79 Å². The zero-order valence-electron chi connectivity index (χ0n) is 8.05. The van der Waals surface area contributed by atoms with Crippen molar-refractivity contribution >= 4 is 5.91 Å². The van der Waals surface area contributed by atoms with Crippen LogP contribution >= 0.6 is 0 Å². The molecule has 1 unspecified atom stereocenters. The summed E-state index contributed by atoms with van der Waals surface area (Å²) >= 11 is 0. The number of carbonyl (C=O) groups excluding carboxylic acids is 1. The summed E-state index contributed by atoms with van der Waals surface area (Å²) in [5.74, 6) is -0.0244. The maximum absolute atomic E-state index is 11.5. The lowest BCUT2D eigenvalue weighted by Gasteiger charge is -2.10. The number of aromatic amines is 1. The van der Waals surface area contributed by atoms with Crippen LogP contribution in [0.4, 0.5) is 0 Å². The van der Waals surface area contributed by atoms with E-state index in [4.69, 9.17) is 0 Å². The molecule has 1 amide bonds. The molecule has 1 aromatic heterocycles. The second-order valence-electron chi connectivity index (χ2n) is 3.59. The summed E-state index contributed by atoms with van der Waals surface area (Å²) in [7, 11) is 0. The molecule has 2 heterocycles. The monoisotopic (exact) mass is 193 g/mol. The first kappa shape index (κ1) is 9.27. The fourth-order valence-electron chi connectivity index (χ4n) is 1.71. The van der Waals surface area contributed by atoms with Crippen LogP contribution in [0.15, 0.2) is 18.3 Å². The molecule has 0 radical (unpaired) electrons. The summed E-state index contributed by atoms with van der Waals surface area (Å²) in [4.78, 5) is 14.4. The molecule has 3 N–H and O–H groups in total. The molecule has 1 saturated heterocycles. The highest BCUT2D eigenvalue weighted by atomic mass is 16.1. The van der Waals surface area contributed by atoms with E-state index in [0.29, 0.717) is 11.7 Å². The van der Waals surface area contributed by atoms with Crippen molar-refractivity contribution < 1.29 is 4.79 Å². The highest BCUT2D eigenvalue weighted by molar-refractivity contribution is 5.92. The molecule has 1 atom stereocenters. The molecule has 4 heteroatoms. The third kappa shape index (κ3) is 2.14. The van der Waals surface area contributed by atoms with Gasteiger partial charge in [-0.25, -0.2) is 0 Å². The predicted molar refractivity (Wildman–Crippen MR) is 54.2 cm³/mol. The van der Waals surface area contributed by atoms with E-state index >= 15 is 0 Å². The number of nitrogens with one attached hydrogen (secondary N) is 3. The van der Waals surface area contributed by atoms with Gasteiger partial charge in [-0.1, -0.05) is 0 Å². The number of hydrogen-bond acceptors (Lipinski definition) is 2. The van der Waals surface area contributed by atoms with Crippen molar-refractivity contribution in [3.05, 3.63) is 24.0 Å². The second kappa shape index (κ2) is 4.28. The van der Waals surface area contributed by atoms with Crippen molar-refractivity contribution in [2.45, 2.75) is 18.9 Å². The van der Waals surface area contributed by atoms with Gasteiger partial charge in [-0.2, -0.15) is 0 Å². The standard InChI is InChI=1S/C10H15N3O/c14-10(9-4-2-6-12-9)13-7-8-3-1-5-11-8/h2,4,6,8,11-12H,1,3,5,7H2,(H,13,14). The lowest BCUT2D eigenvalue weighted by molar-refractivity contribution is 0.0946. The topological polar surface area (TPSA) is 56.9 Å². The number of amides is 1. The SMILES string of the molecule is O=C(NCC1CCCN1)c1ccc[nH]1. The fraction of sp³-hybridized carbons (Fsp3) is 0.500. The van der Waals surface area contributed by atoms with Gasteiger partial charge < -0.3 is 15.6 Å². The molecular weight excluding hydrogens is 178 g/mol. The molecule has 0 saturated carbocycles. The Bertz CT molecular complexity index is 288. The Balaban J connectivity index is 1.78. The minimum absolute atomic E-state index is 0.0244. The number of hydrogen-bond donors (Lipinski definition) is 3. The highest BCUT2D eigenvalue weighted by Crippen LogP contribution is 2.03. The van der Waals surface area contributed by atoms with Crippen LogP contribution in [0.25, 0.3) is 0 Å². The summed E-state index contributed by atoms with van der Waals surface area (Å²) in [6.07, 6.45) is 4.12. The minimum atomic E-state index is -0.0244. The van der Waals surface area contributed by atoms with Crippen molar-refractivity contribution in [3.63, 3.8) is 0 Å². The molecule has 0 aromatic carbocycles. The van der Waals surface area contributed by atoms with Gasteiger partial charge in [0.1, 0.15) is 5.69 Å². The molecule has 1 fully saturated rings. The Labute approximate surface area is 83.1 Å². The number of rotatable bonds is 3. The first-order chi connectivity index (χ1) is 6.86. The van der Waals surface area contributed by atoms with E-state index in [1.54, 1.807) is 12.3 Å². The van der Waals surface area contributed by atoms with Gasteiger partial charge in [0.25, 0.3) is 5.91 Å². The Morgan fingerprint density at radius 1 is 1.64 bits per heavy atom. The molecular formula is C10H15N3O. The third-order valence-corrected chi connectivity index (χ3v) is 2.51. The normalized spacial score (nSPS) is 21.0. The Morgan fingerprint density at radius 3 is 3.21 bits per heavy atom. The van der Waals surface area contributed by atoms with E-state index < -0.39 is 0 Å². The molecule has 4 nitrogen and oxygen atoms in total. The quantitative estimate of drug-likeness (QED) is 0.654. The second-order valence-corrected chi connectivity index (χ2v) is 3.59. The lowest BCUT2D eigenvalue weighted by atomic mass is 10.2. The van der Waals surface area contributed by atoms with Crippen molar-refractivity contribution in [1.82, 2.24) is 15.6 Å². The van der Waals surface area contributed by atoms with Crippen LogP contribution < -0.4 is 10.6 Å². The maximum atomic E-state index is 11.5. The Hall–Kier alpha value is -1.29. The summed E-state index contributed by atoms with van der Waals surface area (Å²) in [5, 5.41) is 6.23. The Kier molecular flexibility index (Phi) is 2.84. The third-order valence-electron chi connectivity index (χ3n) is 2.51. The van der Waals surface area contributed by atoms with Gasteiger partial charge in [-0.15, -0.1) is 0 Å². The first-order valence-corrected chi connectivity index (χ1v) is 5.01. The van der Waals surface area contributed by atoms with Crippen LogP contribution in [0.2, 0.25) is 0 Å². The average molecular weight is 193 g/mol. The first-order valence-electron chi connectivity index (χ1n) is 5.01. The van der Waals surface area contributed by atoms with E-state index in [1.807, 2.05) is 6.07 Å².